The highest BCUT2D eigenvalue weighted by molar-refractivity contribution is 6.34. The number of benzene rings is 3. The maximum Gasteiger partial charge on any atom is 0.261 e. The van der Waals surface area contributed by atoms with E-state index in [-0.39, 0.29) is 29.1 Å². The Bertz CT molecular complexity index is 1460. The fourth-order valence-electron chi connectivity index (χ4n) is 4.56. The van der Waals surface area contributed by atoms with E-state index in [0.29, 0.717) is 5.69 Å². The molecule has 5 rings (SSSR count). The van der Waals surface area contributed by atoms with Gasteiger partial charge < -0.3 is 10.2 Å². The van der Waals surface area contributed by atoms with E-state index < -0.39 is 41.4 Å². The van der Waals surface area contributed by atoms with Crippen LogP contribution in [-0.2, 0) is 27.3 Å². The number of ketones is 1. The van der Waals surface area contributed by atoms with E-state index in [1.807, 2.05) is 24.3 Å². The summed E-state index contributed by atoms with van der Waals surface area (Å²) in [5, 5.41) is 2.78. The SMILES string of the molecule is O=C(NNC(=O)C1Cc2ccccc2CN1C(=O)c1ccccc1Cl)C1C(=O)Nc2ccccc2C1=O. The lowest BCUT2D eigenvalue weighted by Gasteiger charge is -2.36. The number of hydrogen-bond donors (Lipinski definition) is 3. The number of fused-ring (bicyclic) bond motifs is 2. The maximum atomic E-state index is 13.4. The number of halogens is 1. The standard InChI is InChI=1S/C27H21ClN4O5/c28-19-11-5-3-9-17(19)27(37)32-14-16-8-2-1-7-15(16)13-21(32)24(34)30-31-26(36)22-23(33)18-10-4-6-12-20(18)29-25(22)35/h1-12,21-22H,13-14H2,(H,29,35)(H,30,34)(H,31,36). The monoisotopic (exact) mass is 516 g/mol. The summed E-state index contributed by atoms with van der Waals surface area (Å²) >= 11 is 6.24. The Hall–Kier alpha value is -4.50. The highest BCUT2D eigenvalue weighted by Gasteiger charge is 2.41. The number of amides is 4. The zero-order valence-electron chi connectivity index (χ0n) is 19.4. The quantitative estimate of drug-likeness (QED) is 0.364. The molecule has 0 saturated carbocycles. The van der Waals surface area contributed by atoms with Crippen LogP contribution in [0.3, 0.4) is 0 Å². The second kappa shape index (κ2) is 9.87. The van der Waals surface area contributed by atoms with Gasteiger partial charge in [0.2, 0.25) is 5.91 Å². The lowest BCUT2D eigenvalue weighted by Crippen LogP contribution is -2.58. The molecule has 3 N–H and O–H groups in total. The first-order valence-corrected chi connectivity index (χ1v) is 11.9. The van der Waals surface area contributed by atoms with Gasteiger partial charge in [0.15, 0.2) is 11.7 Å². The van der Waals surface area contributed by atoms with E-state index in [9.17, 15) is 24.0 Å². The van der Waals surface area contributed by atoms with Gasteiger partial charge in [0.25, 0.3) is 17.7 Å². The molecule has 186 valence electrons. The molecule has 0 aliphatic carbocycles. The average molecular weight is 517 g/mol. The molecule has 10 heteroatoms. The topological polar surface area (TPSA) is 125 Å². The van der Waals surface area contributed by atoms with E-state index in [2.05, 4.69) is 16.2 Å². The van der Waals surface area contributed by atoms with Crippen LogP contribution >= 0.6 is 11.6 Å². The Morgan fingerprint density at radius 3 is 2.27 bits per heavy atom. The van der Waals surface area contributed by atoms with Gasteiger partial charge in [0, 0.05) is 18.5 Å². The normalized spacial score (nSPS) is 18.2. The van der Waals surface area contributed by atoms with E-state index in [4.69, 9.17) is 11.6 Å². The lowest BCUT2D eigenvalue weighted by atomic mass is 9.91. The minimum atomic E-state index is -1.66. The number of anilines is 1. The summed E-state index contributed by atoms with van der Waals surface area (Å²) in [6.07, 6.45) is 0.199. The number of nitrogens with one attached hydrogen (secondary N) is 3. The molecule has 2 unspecified atom stereocenters. The maximum absolute atomic E-state index is 13.4. The zero-order chi connectivity index (χ0) is 26.1. The van der Waals surface area contributed by atoms with Crippen molar-refractivity contribution in [1.29, 1.82) is 0 Å². The van der Waals surface area contributed by atoms with E-state index >= 15 is 0 Å². The van der Waals surface area contributed by atoms with Crippen LogP contribution < -0.4 is 16.2 Å². The van der Waals surface area contributed by atoms with Crippen LogP contribution in [0.15, 0.2) is 72.8 Å². The van der Waals surface area contributed by atoms with Crippen molar-refractivity contribution in [3.63, 3.8) is 0 Å². The number of carbonyl (C=O) groups is 5. The Kier molecular flexibility index (Phi) is 6.45. The van der Waals surface area contributed by atoms with Gasteiger partial charge in [-0.3, -0.25) is 34.8 Å². The van der Waals surface area contributed by atoms with Crippen LogP contribution in [0.2, 0.25) is 5.02 Å². The van der Waals surface area contributed by atoms with Crippen LogP contribution in [0.25, 0.3) is 0 Å². The molecule has 0 fully saturated rings. The second-order valence-electron chi connectivity index (χ2n) is 8.71. The van der Waals surface area contributed by atoms with Crippen LogP contribution in [-0.4, -0.2) is 40.4 Å². The number of hydrazine groups is 1. The Balaban J connectivity index is 1.35. The van der Waals surface area contributed by atoms with Crippen molar-refractivity contribution >= 4 is 46.7 Å². The van der Waals surface area contributed by atoms with Gasteiger partial charge in [-0.1, -0.05) is 60.1 Å². The highest BCUT2D eigenvalue weighted by Crippen LogP contribution is 2.28. The fourth-order valence-corrected chi connectivity index (χ4v) is 4.78. The Morgan fingerprint density at radius 2 is 1.49 bits per heavy atom. The van der Waals surface area contributed by atoms with Crippen molar-refractivity contribution in [1.82, 2.24) is 15.8 Å². The number of para-hydroxylation sites is 1. The molecule has 0 aromatic heterocycles. The molecule has 37 heavy (non-hydrogen) atoms. The summed E-state index contributed by atoms with van der Waals surface area (Å²) < 4.78 is 0. The minimum absolute atomic E-state index is 0.159. The summed E-state index contributed by atoms with van der Waals surface area (Å²) in [5.74, 6) is -5.23. The third-order valence-electron chi connectivity index (χ3n) is 6.46. The fraction of sp³-hybridized carbons (Fsp3) is 0.148. The van der Waals surface area contributed by atoms with Crippen LogP contribution in [0.5, 0.6) is 0 Å². The van der Waals surface area contributed by atoms with Gasteiger partial charge in [-0.15, -0.1) is 0 Å². The number of carbonyl (C=O) groups excluding carboxylic acids is 5. The van der Waals surface area contributed by atoms with Crippen molar-refractivity contribution in [2.45, 2.75) is 19.0 Å². The molecular weight excluding hydrogens is 496 g/mol. The zero-order valence-corrected chi connectivity index (χ0v) is 20.1. The third kappa shape index (κ3) is 4.56. The smallest absolute Gasteiger partial charge is 0.261 e. The van der Waals surface area contributed by atoms with Crippen LogP contribution in [0, 0.1) is 5.92 Å². The Morgan fingerprint density at radius 1 is 0.838 bits per heavy atom. The number of rotatable bonds is 3. The van der Waals surface area contributed by atoms with Gasteiger partial charge in [-0.25, -0.2) is 0 Å². The molecule has 2 atom stereocenters. The minimum Gasteiger partial charge on any atom is -0.324 e. The van der Waals surface area contributed by atoms with Gasteiger partial charge >= 0.3 is 0 Å². The van der Waals surface area contributed by atoms with Crippen LogP contribution in [0.1, 0.15) is 31.8 Å². The molecule has 0 saturated heterocycles. The molecule has 3 aromatic carbocycles. The van der Waals surface area contributed by atoms with Gasteiger partial charge in [0.05, 0.1) is 16.3 Å². The molecule has 2 aliphatic rings. The van der Waals surface area contributed by atoms with E-state index in [1.165, 1.54) is 11.0 Å². The highest BCUT2D eigenvalue weighted by atomic mass is 35.5. The molecule has 0 radical (unpaired) electrons. The molecule has 2 aliphatic heterocycles. The van der Waals surface area contributed by atoms with E-state index in [0.717, 1.165) is 11.1 Å². The third-order valence-corrected chi connectivity index (χ3v) is 6.79. The number of Topliss-reactive ketones (excluding diaryl/α,β-unsaturated/α-hetero) is 1. The molecule has 2 heterocycles. The van der Waals surface area contributed by atoms with Crippen molar-refractivity contribution in [2.24, 2.45) is 5.92 Å². The van der Waals surface area contributed by atoms with E-state index in [1.54, 1.807) is 42.5 Å². The predicted molar refractivity (Wildman–Crippen MR) is 134 cm³/mol. The number of hydrogen-bond acceptors (Lipinski definition) is 5. The first-order valence-electron chi connectivity index (χ1n) is 11.5. The van der Waals surface area contributed by atoms with Crippen molar-refractivity contribution in [2.75, 3.05) is 5.32 Å². The summed E-state index contributed by atoms with van der Waals surface area (Å²) in [4.78, 5) is 66.1. The summed E-state index contributed by atoms with van der Waals surface area (Å²) in [6, 6.07) is 19.4. The van der Waals surface area contributed by atoms with Crippen molar-refractivity contribution in [3.8, 4) is 0 Å². The second-order valence-corrected chi connectivity index (χ2v) is 9.12. The van der Waals surface area contributed by atoms with Gasteiger partial charge in [-0.2, -0.15) is 0 Å². The summed E-state index contributed by atoms with van der Waals surface area (Å²) in [5.41, 5.74) is 7.03. The molecule has 0 bridgehead atoms. The lowest BCUT2D eigenvalue weighted by molar-refractivity contribution is -0.136. The predicted octanol–water partition coefficient (Wildman–Crippen LogP) is 2.51. The van der Waals surface area contributed by atoms with Crippen molar-refractivity contribution in [3.05, 3.63) is 100 Å². The summed E-state index contributed by atoms with van der Waals surface area (Å²) in [7, 11) is 0. The molecule has 9 nitrogen and oxygen atoms in total. The molecular formula is C27H21ClN4O5. The molecule has 3 aromatic rings. The summed E-state index contributed by atoms with van der Waals surface area (Å²) in [6.45, 7) is 0.159. The van der Waals surface area contributed by atoms with Gasteiger partial charge in [0.1, 0.15) is 6.04 Å². The van der Waals surface area contributed by atoms with Crippen LogP contribution in [0.4, 0.5) is 5.69 Å². The largest absolute Gasteiger partial charge is 0.324 e. The average Bonchev–Trinajstić information content (AvgIpc) is 2.91. The molecule has 0 spiro atoms. The first-order chi connectivity index (χ1) is 17.8. The van der Waals surface area contributed by atoms with Crippen molar-refractivity contribution < 1.29 is 24.0 Å². The number of nitrogens with zero attached hydrogens (tertiary/aromatic N) is 1. The molecule has 4 amide bonds. The first kappa shape index (κ1) is 24.2. The van der Waals surface area contributed by atoms with Gasteiger partial charge in [-0.05, 0) is 35.4 Å². The Labute approximate surface area is 216 Å².